The number of nitrogens with zero attached hydrogens (tertiary/aromatic N) is 4. The van der Waals surface area contributed by atoms with Crippen LogP contribution >= 0.6 is 0 Å². The van der Waals surface area contributed by atoms with Gasteiger partial charge in [-0.05, 0) is 38.1 Å². The number of fused-ring (bicyclic) bond motifs is 2. The molecule has 1 aliphatic rings. The third-order valence-electron chi connectivity index (χ3n) is 4.89. The summed E-state index contributed by atoms with van der Waals surface area (Å²) in [5.41, 5.74) is 3.09. The number of carbonyl (C=O) groups is 1. The summed E-state index contributed by atoms with van der Waals surface area (Å²) in [6.07, 6.45) is 1.86. The molecule has 4 aromatic rings. The molecule has 9 heteroatoms. The van der Waals surface area contributed by atoms with Crippen molar-refractivity contribution in [3.8, 4) is 22.9 Å². The number of carbonyl (C=O) groups excluding carboxylic acids is 1. The van der Waals surface area contributed by atoms with Gasteiger partial charge in [0.1, 0.15) is 18.9 Å². The second-order valence-corrected chi connectivity index (χ2v) is 6.87. The number of benzene rings is 1. The van der Waals surface area contributed by atoms with E-state index in [-0.39, 0.29) is 5.91 Å². The van der Waals surface area contributed by atoms with Crippen LogP contribution < -0.4 is 14.8 Å². The quantitative estimate of drug-likeness (QED) is 0.554. The van der Waals surface area contributed by atoms with E-state index in [2.05, 4.69) is 20.6 Å². The Morgan fingerprint density at radius 2 is 1.97 bits per heavy atom. The van der Waals surface area contributed by atoms with E-state index in [0.29, 0.717) is 64.1 Å². The number of nitrogens with one attached hydrogen (secondary N) is 1. The van der Waals surface area contributed by atoms with Crippen molar-refractivity contribution >= 4 is 22.7 Å². The Morgan fingerprint density at radius 3 is 2.77 bits per heavy atom. The van der Waals surface area contributed by atoms with E-state index in [1.54, 1.807) is 35.9 Å². The summed E-state index contributed by atoms with van der Waals surface area (Å²) >= 11 is 0. The Balaban J connectivity index is 1.53. The monoisotopic (exact) mass is 405 g/mol. The zero-order chi connectivity index (χ0) is 20.7. The maximum atomic E-state index is 13.2. The van der Waals surface area contributed by atoms with Crippen LogP contribution in [0, 0.1) is 6.92 Å². The van der Waals surface area contributed by atoms with Gasteiger partial charge in [0.05, 0.1) is 22.3 Å². The van der Waals surface area contributed by atoms with E-state index in [4.69, 9.17) is 14.0 Å². The topological polar surface area (TPSA) is 104 Å². The largest absolute Gasteiger partial charge is 0.486 e. The number of hydrogen-bond donors (Lipinski definition) is 1. The van der Waals surface area contributed by atoms with Crippen molar-refractivity contribution in [1.82, 2.24) is 19.9 Å². The van der Waals surface area contributed by atoms with Crippen LogP contribution in [-0.4, -0.2) is 39.0 Å². The van der Waals surface area contributed by atoms with E-state index in [9.17, 15) is 4.79 Å². The minimum atomic E-state index is -0.304. The highest BCUT2D eigenvalue weighted by atomic mass is 16.6. The summed E-state index contributed by atoms with van der Waals surface area (Å²) in [6.45, 7) is 5.50. The van der Waals surface area contributed by atoms with Crippen molar-refractivity contribution in [1.29, 1.82) is 0 Å². The van der Waals surface area contributed by atoms with Crippen LogP contribution in [0.4, 0.5) is 5.69 Å². The van der Waals surface area contributed by atoms with Crippen molar-refractivity contribution in [2.24, 2.45) is 0 Å². The summed E-state index contributed by atoms with van der Waals surface area (Å²) in [5, 5.41) is 11.9. The molecule has 1 N–H and O–H groups in total. The van der Waals surface area contributed by atoms with Gasteiger partial charge in [-0.1, -0.05) is 5.16 Å². The Bertz CT molecular complexity index is 1260. The average molecular weight is 405 g/mol. The first-order chi connectivity index (χ1) is 14.6. The van der Waals surface area contributed by atoms with Gasteiger partial charge in [0.15, 0.2) is 11.5 Å². The molecule has 0 unspecified atom stereocenters. The maximum Gasteiger partial charge on any atom is 0.259 e. The first-order valence-electron chi connectivity index (χ1n) is 9.64. The average Bonchev–Trinajstić information content (AvgIpc) is 3.40. The molecule has 1 aliphatic heterocycles. The molecule has 4 heterocycles. The number of anilines is 1. The molecule has 0 aliphatic carbocycles. The Hall–Kier alpha value is -3.88. The lowest BCUT2D eigenvalue weighted by atomic mass is 10.1. The first-order valence-corrected chi connectivity index (χ1v) is 9.64. The van der Waals surface area contributed by atoms with Crippen LogP contribution in [0.2, 0.25) is 0 Å². The van der Waals surface area contributed by atoms with E-state index in [0.717, 1.165) is 6.54 Å². The molecule has 9 nitrogen and oxygen atoms in total. The van der Waals surface area contributed by atoms with Gasteiger partial charge >= 0.3 is 0 Å². The highest BCUT2D eigenvalue weighted by Crippen LogP contribution is 2.33. The third kappa shape index (κ3) is 3.14. The van der Waals surface area contributed by atoms with Crippen molar-refractivity contribution < 1.29 is 18.8 Å². The Kier molecular flexibility index (Phi) is 4.35. The molecule has 1 amide bonds. The molecule has 0 atom stereocenters. The molecule has 0 saturated heterocycles. The van der Waals surface area contributed by atoms with Crippen LogP contribution in [0.15, 0.2) is 41.1 Å². The number of aromatic nitrogens is 4. The second-order valence-electron chi connectivity index (χ2n) is 6.87. The van der Waals surface area contributed by atoms with Crippen molar-refractivity contribution in [3.05, 3.63) is 47.8 Å². The summed E-state index contributed by atoms with van der Waals surface area (Å²) in [6, 6.07) is 8.86. The SMILES string of the molecule is CCn1ccc(-c2cc(C(=O)Nc3ccc4c(c3)OCCO4)c3c(C)noc3n2)n1. The number of ether oxygens (including phenoxy) is 2. The summed E-state index contributed by atoms with van der Waals surface area (Å²) in [5.74, 6) is 0.960. The molecular formula is C21H19N5O4. The van der Waals surface area contributed by atoms with Gasteiger partial charge in [0.25, 0.3) is 11.6 Å². The zero-order valence-corrected chi connectivity index (χ0v) is 16.5. The summed E-state index contributed by atoms with van der Waals surface area (Å²) < 4.78 is 18.3. The van der Waals surface area contributed by atoms with Crippen molar-refractivity contribution in [2.75, 3.05) is 18.5 Å². The Morgan fingerprint density at radius 1 is 1.13 bits per heavy atom. The first kappa shape index (κ1) is 18.2. The van der Waals surface area contributed by atoms with Crippen LogP contribution in [0.1, 0.15) is 23.0 Å². The number of amides is 1. The van der Waals surface area contributed by atoms with Crippen molar-refractivity contribution in [2.45, 2.75) is 20.4 Å². The van der Waals surface area contributed by atoms with E-state index in [1.807, 2.05) is 19.2 Å². The number of hydrogen-bond acceptors (Lipinski definition) is 7. The zero-order valence-electron chi connectivity index (χ0n) is 16.5. The van der Waals surface area contributed by atoms with Crippen LogP contribution in [0.3, 0.4) is 0 Å². The minimum Gasteiger partial charge on any atom is -0.486 e. The highest BCUT2D eigenvalue weighted by Gasteiger charge is 2.21. The fourth-order valence-electron chi connectivity index (χ4n) is 3.40. The second kappa shape index (κ2) is 7.18. The van der Waals surface area contributed by atoms with Crippen LogP contribution in [0.5, 0.6) is 11.5 Å². The lowest BCUT2D eigenvalue weighted by Gasteiger charge is -2.19. The maximum absolute atomic E-state index is 13.2. The molecule has 0 radical (unpaired) electrons. The highest BCUT2D eigenvalue weighted by molar-refractivity contribution is 6.13. The van der Waals surface area contributed by atoms with Gasteiger partial charge in [-0.3, -0.25) is 9.48 Å². The fourth-order valence-corrected chi connectivity index (χ4v) is 3.40. The molecule has 5 rings (SSSR count). The van der Waals surface area contributed by atoms with E-state index in [1.165, 1.54) is 0 Å². The van der Waals surface area contributed by atoms with Gasteiger partial charge in [-0.25, -0.2) is 4.98 Å². The third-order valence-corrected chi connectivity index (χ3v) is 4.89. The number of rotatable bonds is 4. The molecule has 30 heavy (non-hydrogen) atoms. The summed E-state index contributed by atoms with van der Waals surface area (Å²) in [7, 11) is 0. The van der Waals surface area contributed by atoms with Crippen molar-refractivity contribution in [3.63, 3.8) is 0 Å². The van der Waals surface area contributed by atoms with Gasteiger partial charge in [-0.15, -0.1) is 0 Å². The predicted octanol–water partition coefficient (Wildman–Crippen LogP) is 3.44. The predicted molar refractivity (Wildman–Crippen MR) is 109 cm³/mol. The smallest absolute Gasteiger partial charge is 0.259 e. The summed E-state index contributed by atoms with van der Waals surface area (Å²) in [4.78, 5) is 17.7. The molecular weight excluding hydrogens is 386 g/mol. The lowest BCUT2D eigenvalue weighted by Crippen LogP contribution is -2.16. The molecule has 0 saturated carbocycles. The molecule has 152 valence electrons. The number of aryl methyl sites for hydroxylation is 2. The molecule has 0 bridgehead atoms. The molecule has 1 aromatic carbocycles. The molecule has 0 fully saturated rings. The lowest BCUT2D eigenvalue weighted by molar-refractivity contribution is 0.102. The van der Waals surface area contributed by atoms with Crippen LogP contribution in [-0.2, 0) is 6.54 Å². The normalized spacial score (nSPS) is 12.9. The van der Waals surface area contributed by atoms with Crippen LogP contribution in [0.25, 0.3) is 22.5 Å². The molecule has 0 spiro atoms. The van der Waals surface area contributed by atoms with Gasteiger partial charge in [-0.2, -0.15) is 5.10 Å². The standard InChI is InChI=1S/C21H19N5O4/c1-3-26-7-6-15(24-26)16-11-14(19-12(2)25-30-21(19)23-16)20(27)22-13-4-5-17-18(10-13)29-9-8-28-17/h4-7,10-11H,3,8-9H2,1-2H3,(H,22,27). The molecule has 3 aromatic heterocycles. The van der Waals surface area contributed by atoms with Gasteiger partial charge in [0, 0.05) is 24.5 Å². The minimum absolute atomic E-state index is 0.295. The van der Waals surface area contributed by atoms with E-state index < -0.39 is 0 Å². The van der Waals surface area contributed by atoms with Gasteiger partial charge < -0.3 is 19.3 Å². The number of pyridine rings is 1. The van der Waals surface area contributed by atoms with E-state index >= 15 is 0 Å². The van der Waals surface area contributed by atoms with Gasteiger partial charge in [0.2, 0.25) is 0 Å². The fraction of sp³-hybridized carbons (Fsp3) is 0.238. The Labute approximate surface area is 171 Å².